The summed E-state index contributed by atoms with van der Waals surface area (Å²) in [7, 11) is 0. The van der Waals surface area contributed by atoms with E-state index >= 15 is 0 Å². The van der Waals surface area contributed by atoms with E-state index in [0.717, 1.165) is 17.5 Å². The van der Waals surface area contributed by atoms with Crippen molar-refractivity contribution in [1.29, 1.82) is 0 Å². The van der Waals surface area contributed by atoms with Crippen molar-refractivity contribution in [3.63, 3.8) is 0 Å². The molecule has 0 amide bonds. The summed E-state index contributed by atoms with van der Waals surface area (Å²) >= 11 is 0. The van der Waals surface area contributed by atoms with Crippen molar-refractivity contribution in [2.75, 3.05) is 6.61 Å². The second-order valence-electron chi connectivity index (χ2n) is 6.83. The molecule has 29 heavy (non-hydrogen) atoms. The Morgan fingerprint density at radius 1 is 0.966 bits per heavy atom. The van der Waals surface area contributed by atoms with Gasteiger partial charge in [0.1, 0.15) is 0 Å². The largest absolute Gasteiger partial charge is 0.416 e. The Balaban J connectivity index is 2.03. The van der Waals surface area contributed by atoms with E-state index in [9.17, 15) is 31.1 Å². The quantitative estimate of drug-likeness (QED) is 0.495. The zero-order chi connectivity index (χ0) is 22.0. The molecule has 0 saturated heterocycles. The number of hydrogen-bond donors (Lipinski definition) is 1. The Morgan fingerprint density at radius 3 is 2.21 bits per heavy atom. The summed E-state index contributed by atoms with van der Waals surface area (Å²) in [6.07, 6.45) is -9.03. The minimum absolute atomic E-state index is 0.0596. The van der Waals surface area contributed by atoms with Crippen LogP contribution in [-0.4, -0.2) is 11.6 Å². The minimum Gasteiger partial charge on any atom is -0.377 e. The van der Waals surface area contributed by atoms with Crippen LogP contribution in [0.5, 0.6) is 0 Å². The van der Waals surface area contributed by atoms with Crippen LogP contribution in [-0.2, 0) is 30.1 Å². The standard InChI is InChI=1S/C20H21F6NO2/c1-11-12(2)27-13(3)16(18(11)28)5-4-8-29-10-14-6-7-15(19(21,22)23)9-17(14)20(24,25)26/h6-7,9H,4-5,8,10H2,1-3H3,(H,27,28). The van der Waals surface area contributed by atoms with Crippen molar-refractivity contribution in [3.8, 4) is 0 Å². The molecule has 0 aliphatic rings. The molecule has 2 aromatic rings. The van der Waals surface area contributed by atoms with E-state index in [2.05, 4.69) is 4.98 Å². The number of rotatable bonds is 6. The van der Waals surface area contributed by atoms with Gasteiger partial charge in [-0.15, -0.1) is 0 Å². The summed E-state index contributed by atoms with van der Waals surface area (Å²) < 4.78 is 82.7. The Kier molecular flexibility index (Phi) is 6.82. The summed E-state index contributed by atoms with van der Waals surface area (Å²) in [5, 5.41) is 0. The number of pyridine rings is 1. The molecule has 1 N–H and O–H groups in total. The average molecular weight is 421 g/mol. The number of H-pyrrole nitrogens is 1. The van der Waals surface area contributed by atoms with E-state index < -0.39 is 30.1 Å². The maximum atomic E-state index is 13.1. The van der Waals surface area contributed by atoms with Crippen molar-refractivity contribution < 1.29 is 31.1 Å². The average Bonchev–Trinajstić information content (AvgIpc) is 2.60. The molecule has 1 aromatic heterocycles. The first-order chi connectivity index (χ1) is 13.3. The third-order valence-corrected chi connectivity index (χ3v) is 4.72. The van der Waals surface area contributed by atoms with Gasteiger partial charge in [-0.3, -0.25) is 4.79 Å². The molecule has 0 saturated carbocycles. The molecular formula is C20H21F6NO2. The van der Waals surface area contributed by atoms with Gasteiger partial charge >= 0.3 is 12.4 Å². The monoisotopic (exact) mass is 421 g/mol. The molecule has 1 heterocycles. The van der Waals surface area contributed by atoms with Crippen molar-refractivity contribution in [2.24, 2.45) is 0 Å². The third-order valence-electron chi connectivity index (χ3n) is 4.72. The Hall–Kier alpha value is -2.29. The molecule has 0 spiro atoms. The molecular weight excluding hydrogens is 400 g/mol. The highest BCUT2D eigenvalue weighted by molar-refractivity contribution is 5.35. The fourth-order valence-electron chi connectivity index (χ4n) is 2.99. The molecule has 9 heteroatoms. The number of halogens is 6. The van der Waals surface area contributed by atoms with E-state index in [1.807, 2.05) is 0 Å². The van der Waals surface area contributed by atoms with E-state index in [1.165, 1.54) is 0 Å². The molecule has 0 radical (unpaired) electrons. The van der Waals surface area contributed by atoms with Crippen LogP contribution >= 0.6 is 0 Å². The highest BCUT2D eigenvalue weighted by atomic mass is 19.4. The van der Waals surface area contributed by atoms with Gasteiger partial charge < -0.3 is 9.72 Å². The number of aromatic nitrogens is 1. The fraction of sp³-hybridized carbons (Fsp3) is 0.450. The van der Waals surface area contributed by atoms with Crippen LogP contribution in [0.3, 0.4) is 0 Å². The minimum atomic E-state index is -4.93. The van der Waals surface area contributed by atoms with Gasteiger partial charge in [-0.1, -0.05) is 6.07 Å². The van der Waals surface area contributed by atoms with Crippen molar-refractivity contribution >= 4 is 0 Å². The van der Waals surface area contributed by atoms with Gasteiger partial charge in [0.15, 0.2) is 5.43 Å². The van der Waals surface area contributed by atoms with Gasteiger partial charge in [-0.2, -0.15) is 26.3 Å². The predicted molar refractivity (Wildman–Crippen MR) is 95.7 cm³/mol. The van der Waals surface area contributed by atoms with Gasteiger partial charge in [0.25, 0.3) is 0 Å². The Labute approximate surface area is 163 Å². The van der Waals surface area contributed by atoms with Crippen molar-refractivity contribution in [2.45, 2.75) is 52.6 Å². The second-order valence-corrected chi connectivity index (χ2v) is 6.83. The molecule has 1 aromatic carbocycles. The molecule has 0 aliphatic carbocycles. The van der Waals surface area contributed by atoms with Crippen LogP contribution in [0.1, 0.15) is 45.6 Å². The summed E-state index contributed by atoms with van der Waals surface area (Å²) in [5.41, 5.74) is -0.499. The smallest absolute Gasteiger partial charge is 0.377 e. The zero-order valence-corrected chi connectivity index (χ0v) is 16.1. The van der Waals surface area contributed by atoms with Gasteiger partial charge in [-0.25, -0.2) is 0 Å². The van der Waals surface area contributed by atoms with E-state index in [1.54, 1.807) is 20.8 Å². The van der Waals surface area contributed by atoms with Crippen molar-refractivity contribution in [3.05, 3.63) is 67.6 Å². The topological polar surface area (TPSA) is 42.1 Å². The highest BCUT2D eigenvalue weighted by Gasteiger charge is 2.38. The zero-order valence-electron chi connectivity index (χ0n) is 16.1. The van der Waals surface area contributed by atoms with Gasteiger partial charge in [0.05, 0.1) is 17.7 Å². The maximum absolute atomic E-state index is 13.1. The molecule has 2 rings (SSSR count). The van der Waals surface area contributed by atoms with E-state index in [0.29, 0.717) is 30.0 Å². The normalized spacial score (nSPS) is 12.4. The number of aromatic amines is 1. The second kappa shape index (κ2) is 8.61. The SMILES string of the molecule is Cc1[nH]c(C)c(CCCOCc2ccc(C(F)(F)F)cc2C(F)(F)F)c(=O)c1C. The van der Waals surface area contributed by atoms with Crippen LogP contribution < -0.4 is 5.43 Å². The van der Waals surface area contributed by atoms with E-state index in [-0.39, 0.29) is 23.7 Å². The van der Waals surface area contributed by atoms with Crippen LogP contribution in [0.25, 0.3) is 0 Å². The van der Waals surface area contributed by atoms with Gasteiger partial charge in [-0.05, 0) is 51.3 Å². The first-order valence-corrected chi connectivity index (χ1v) is 8.86. The Bertz CT molecular complexity index is 928. The lowest BCUT2D eigenvalue weighted by Crippen LogP contribution is -2.18. The lowest BCUT2D eigenvalue weighted by Gasteiger charge is -2.16. The summed E-state index contributed by atoms with van der Waals surface area (Å²) in [4.78, 5) is 15.4. The third kappa shape index (κ3) is 5.62. The molecule has 0 bridgehead atoms. The van der Waals surface area contributed by atoms with Crippen LogP contribution in [0, 0.1) is 20.8 Å². The van der Waals surface area contributed by atoms with Gasteiger partial charge in [0, 0.05) is 29.1 Å². The molecule has 0 aliphatic heterocycles. The number of ether oxygens (including phenoxy) is 1. The van der Waals surface area contributed by atoms with Gasteiger partial charge in [0.2, 0.25) is 0 Å². The van der Waals surface area contributed by atoms with Crippen molar-refractivity contribution in [1.82, 2.24) is 4.98 Å². The number of alkyl halides is 6. The fourth-order valence-corrected chi connectivity index (χ4v) is 2.99. The van der Waals surface area contributed by atoms with Crippen LogP contribution in [0.4, 0.5) is 26.3 Å². The maximum Gasteiger partial charge on any atom is 0.416 e. The molecule has 160 valence electrons. The number of aryl methyl sites for hydroxylation is 2. The number of hydrogen-bond acceptors (Lipinski definition) is 2. The molecule has 0 unspecified atom stereocenters. The number of nitrogens with one attached hydrogen (secondary N) is 1. The molecule has 0 fully saturated rings. The summed E-state index contributed by atoms with van der Waals surface area (Å²) in [6, 6.07) is 1.48. The summed E-state index contributed by atoms with van der Waals surface area (Å²) in [5.74, 6) is 0. The first-order valence-electron chi connectivity index (χ1n) is 8.86. The summed E-state index contributed by atoms with van der Waals surface area (Å²) in [6.45, 7) is 4.84. The highest BCUT2D eigenvalue weighted by Crippen LogP contribution is 2.37. The van der Waals surface area contributed by atoms with Crippen LogP contribution in [0.15, 0.2) is 23.0 Å². The lowest BCUT2D eigenvalue weighted by molar-refractivity contribution is -0.143. The first kappa shape index (κ1) is 23.0. The lowest BCUT2D eigenvalue weighted by atomic mass is 10.0. The predicted octanol–water partition coefficient (Wildman–Crippen LogP) is 5.49. The Morgan fingerprint density at radius 2 is 1.62 bits per heavy atom. The molecule has 3 nitrogen and oxygen atoms in total. The van der Waals surface area contributed by atoms with Crippen LogP contribution in [0.2, 0.25) is 0 Å². The molecule has 0 atom stereocenters. The number of benzene rings is 1. The van der Waals surface area contributed by atoms with E-state index in [4.69, 9.17) is 4.74 Å².